The minimum atomic E-state index is -1.37. The van der Waals surface area contributed by atoms with Crippen LogP contribution in [0.2, 0.25) is 0 Å². The summed E-state index contributed by atoms with van der Waals surface area (Å²) in [4.78, 5) is 108. The summed E-state index contributed by atoms with van der Waals surface area (Å²) in [5.74, 6) is -11.2. The molecule has 26 heteroatoms. The molecule has 2 atom stereocenters. The Morgan fingerprint density at radius 3 is 1.35 bits per heavy atom. The van der Waals surface area contributed by atoms with Gasteiger partial charge in [0.1, 0.15) is 22.8 Å². The van der Waals surface area contributed by atoms with E-state index in [1.165, 1.54) is 43.5 Å². The van der Waals surface area contributed by atoms with E-state index < -0.39 is 88.6 Å². The molecule has 4 heterocycles. The summed E-state index contributed by atoms with van der Waals surface area (Å²) in [7, 11) is 1.17. The number of rotatable bonds is 14. The van der Waals surface area contributed by atoms with Crippen molar-refractivity contribution in [2.45, 2.75) is 64.7 Å². The third-order valence-corrected chi connectivity index (χ3v) is 13.7. The number of carbonyl (C=O) groups is 8. The van der Waals surface area contributed by atoms with Gasteiger partial charge in [-0.3, -0.25) is 19.2 Å². The summed E-state index contributed by atoms with van der Waals surface area (Å²) in [6.07, 6.45) is 2.13. The van der Waals surface area contributed by atoms with Crippen LogP contribution in [0.25, 0.3) is 11.3 Å². The maximum Gasteiger partial charge on any atom is 0.358 e. The molecule has 10 rings (SSSR count). The van der Waals surface area contributed by atoms with E-state index in [0.29, 0.717) is 42.4 Å². The van der Waals surface area contributed by atoms with Gasteiger partial charge < -0.3 is 41.3 Å². The van der Waals surface area contributed by atoms with E-state index in [2.05, 4.69) is 41.4 Å². The second-order valence-electron chi connectivity index (χ2n) is 18.7. The summed E-state index contributed by atoms with van der Waals surface area (Å²) >= 11 is 0. The number of hydrogen-bond acceptors (Lipinski definition) is 13. The molecule has 0 saturated carbocycles. The Balaban J connectivity index is 0.000000196. The van der Waals surface area contributed by atoms with E-state index in [1.807, 2.05) is 0 Å². The Kier molecular flexibility index (Phi) is 15.4. The van der Waals surface area contributed by atoms with Gasteiger partial charge in [-0.05, 0) is 120 Å². The number of esters is 1. The van der Waals surface area contributed by atoms with Crippen molar-refractivity contribution < 1.29 is 76.0 Å². The number of benzene rings is 4. The van der Waals surface area contributed by atoms with E-state index in [-0.39, 0.29) is 69.5 Å². The van der Waals surface area contributed by atoms with Gasteiger partial charge >= 0.3 is 23.9 Å². The minimum Gasteiger partial charge on any atom is -0.478 e. The standard InChI is InChI=1S/C28H23F2N5O6.C27H21F2N5O6/c1-13-15-6-8-20(17(15)5-4-16(13)27(38)39)33-26(37)23-10-21(32-24-11-22(28(40)41-2)34-35(23)24)25(36)31-12-14-3-7-18(29)19(30)9-14;1-12-14-5-7-19(16(14)4-3-15(12)26(37)38)32-25(36)22-9-20(31-23-10-21(27(39)40)33-34(22)23)24(35)30-11-13-2-6-17(28)18(29)8-13/h3-5,7,9-11,20H,6,8,12H2,1-2H3,(H,31,36)(H,33,37)(H,38,39);2-4,6,8-10,19H,5,7,11H2,1H3,(H,30,35)(H,32,36)(H,37,38)(H,39,40)/t20-;19-/m00/s1. The Labute approximate surface area is 453 Å². The lowest BCUT2D eigenvalue weighted by molar-refractivity contribution is 0.0590. The number of methoxy groups -OCH3 is 1. The molecule has 0 unspecified atom stereocenters. The molecule has 81 heavy (non-hydrogen) atoms. The van der Waals surface area contributed by atoms with E-state index in [1.54, 1.807) is 26.0 Å². The highest BCUT2D eigenvalue weighted by molar-refractivity contribution is 6.00. The maximum absolute atomic E-state index is 13.6. The molecule has 0 bridgehead atoms. The number of aromatic carboxylic acids is 3. The Morgan fingerprint density at radius 1 is 0.531 bits per heavy atom. The van der Waals surface area contributed by atoms with Gasteiger partial charge in [0.2, 0.25) is 0 Å². The summed E-state index contributed by atoms with van der Waals surface area (Å²) in [6.45, 7) is 3.12. The van der Waals surface area contributed by atoms with Crippen LogP contribution in [0, 0.1) is 37.1 Å². The van der Waals surface area contributed by atoms with E-state index in [4.69, 9.17) is 4.74 Å². The molecule has 414 valence electrons. The molecule has 4 aromatic heterocycles. The summed E-state index contributed by atoms with van der Waals surface area (Å²) in [5, 5.41) is 47.1. The lowest BCUT2D eigenvalue weighted by atomic mass is 9.98. The monoisotopic (exact) mass is 1110 g/mol. The van der Waals surface area contributed by atoms with Crippen molar-refractivity contribution in [2.75, 3.05) is 7.11 Å². The van der Waals surface area contributed by atoms with Crippen molar-refractivity contribution in [3.05, 3.63) is 198 Å². The molecule has 0 spiro atoms. The first-order valence-electron chi connectivity index (χ1n) is 24.5. The van der Waals surface area contributed by atoms with Crippen LogP contribution in [0.5, 0.6) is 0 Å². The topological polar surface area (TPSA) is 315 Å². The normalized spacial score (nSPS) is 14.1. The molecule has 4 amide bonds. The molecule has 0 radical (unpaired) electrons. The lowest BCUT2D eigenvalue weighted by Crippen LogP contribution is -2.30. The van der Waals surface area contributed by atoms with E-state index in [9.17, 15) is 71.2 Å². The number of amides is 4. The second kappa shape index (κ2) is 22.5. The zero-order valence-corrected chi connectivity index (χ0v) is 42.7. The molecule has 2 aliphatic carbocycles. The fourth-order valence-electron chi connectivity index (χ4n) is 9.65. The number of carbonyl (C=O) groups excluding carboxylic acids is 5. The van der Waals surface area contributed by atoms with Gasteiger partial charge in [0, 0.05) is 37.4 Å². The fraction of sp³-hybridized carbons (Fsp3) is 0.200. The summed E-state index contributed by atoms with van der Waals surface area (Å²) < 4.78 is 60.4. The zero-order chi connectivity index (χ0) is 58.1. The maximum atomic E-state index is 13.6. The van der Waals surface area contributed by atoms with Gasteiger partial charge in [-0.2, -0.15) is 10.2 Å². The first-order chi connectivity index (χ1) is 38.6. The van der Waals surface area contributed by atoms with Gasteiger partial charge in [0.25, 0.3) is 23.6 Å². The molecule has 22 nitrogen and oxygen atoms in total. The van der Waals surface area contributed by atoms with Crippen molar-refractivity contribution in [1.29, 1.82) is 0 Å². The third-order valence-electron chi connectivity index (χ3n) is 13.7. The van der Waals surface area contributed by atoms with Crippen LogP contribution in [-0.4, -0.2) is 99.1 Å². The van der Waals surface area contributed by atoms with Crippen LogP contribution in [0.4, 0.5) is 17.6 Å². The Morgan fingerprint density at radius 2 is 0.951 bits per heavy atom. The number of fused-ring (bicyclic) bond motifs is 4. The quantitative estimate of drug-likeness (QED) is 0.0470. The second-order valence-corrected chi connectivity index (χ2v) is 18.7. The third kappa shape index (κ3) is 11.3. The number of ether oxygens (including phenoxy) is 1. The molecule has 4 aromatic carbocycles. The summed E-state index contributed by atoms with van der Waals surface area (Å²) in [6, 6.07) is 16.5. The van der Waals surface area contributed by atoms with Crippen LogP contribution in [-0.2, 0) is 30.7 Å². The van der Waals surface area contributed by atoms with E-state index in [0.717, 1.165) is 67.7 Å². The van der Waals surface area contributed by atoms with Crippen molar-refractivity contribution in [3.63, 3.8) is 0 Å². The van der Waals surface area contributed by atoms with Gasteiger partial charge in [0.05, 0.1) is 30.3 Å². The average Bonchev–Trinajstić information content (AvgIpc) is 4.30. The van der Waals surface area contributed by atoms with Crippen LogP contribution in [0.1, 0.15) is 153 Å². The number of hydrogen-bond donors (Lipinski definition) is 7. The number of carboxylic acids is 3. The average molecular weight is 1110 g/mol. The highest BCUT2D eigenvalue weighted by atomic mass is 19.2. The van der Waals surface area contributed by atoms with Crippen LogP contribution in [0.15, 0.2) is 84.9 Å². The number of aromatic nitrogens is 6. The first-order valence-corrected chi connectivity index (χ1v) is 24.5. The van der Waals surface area contributed by atoms with Crippen molar-refractivity contribution in [1.82, 2.24) is 50.5 Å². The Bertz CT molecular complexity index is 3990. The smallest absolute Gasteiger partial charge is 0.358 e. The predicted octanol–water partition coefficient (Wildman–Crippen LogP) is 6.21. The lowest BCUT2D eigenvalue weighted by Gasteiger charge is -2.16. The minimum absolute atomic E-state index is 0.0183. The summed E-state index contributed by atoms with van der Waals surface area (Å²) in [5.41, 5.74) is 4.15. The number of nitrogens with one attached hydrogen (secondary N) is 4. The van der Waals surface area contributed by atoms with Crippen molar-refractivity contribution >= 4 is 58.8 Å². The number of carboxylic acid groups (broad SMARTS) is 3. The van der Waals surface area contributed by atoms with Gasteiger partial charge in [0.15, 0.2) is 46.0 Å². The number of halogens is 4. The molecular weight excluding hydrogens is 1070 g/mol. The van der Waals surface area contributed by atoms with Crippen LogP contribution < -0.4 is 21.3 Å². The van der Waals surface area contributed by atoms with Gasteiger partial charge in [-0.15, -0.1) is 0 Å². The molecular formula is C55H44F4N10O12. The van der Waals surface area contributed by atoms with Crippen molar-refractivity contribution in [2.24, 2.45) is 0 Å². The molecule has 0 saturated heterocycles. The van der Waals surface area contributed by atoms with Crippen LogP contribution in [0.3, 0.4) is 0 Å². The predicted molar refractivity (Wildman–Crippen MR) is 273 cm³/mol. The fourth-order valence-corrected chi connectivity index (χ4v) is 9.65. The first kappa shape index (κ1) is 55.4. The Hall–Kier alpha value is -10.4. The zero-order valence-electron chi connectivity index (χ0n) is 42.7. The molecule has 8 aromatic rings. The van der Waals surface area contributed by atoms with Crippen molar-refractivity contribution in [3.8, 4) is 0 Å². The largest absolute Gasteiger partial charge is 0.478 e. The van der Waals surface area contributed by atoms with Crippen LogP contribution >= 0.6 is 0 Å². The highest BCUT2D eigenvalue weighted by Crippen LogP contribution is 2.36. The van der Waals surface area contributed by atoms with E-state index >= 15 is 0 Å². The van der Waals surface area contributed by atoms with Gasteiger partial charge in [-0.1, -0.05) is 24.3 Å². The SMILES string of the molecule is COC(=O)c1cc2nc(C(=O)NCc3ccc(F)c(F)c3)cc(C(=O)N[C@H]3CCc4c3ccc(C(=O)O)c4C)n2n1.Cc1c(C(=O)O)ccc2c1CC[C@@H]2NC(=O)c1cc(C(=O)NCc2ccc(F)c(F)c2)nc2cc(C(=O)O)nn12. The molecule has 0 fully saturated rings. The van der Waals surface area contributed by atoms with Gasteiger partial charge in [-0.25, -0.2) is 55.7 Å². The molecule has 7 N–H and O–H groups in total. The highest BCUT2D eigenvalue weighted by Gasteiger charge is 2.32. The number of nitrogens with zero attached hydrogens (tertiary/aromatic N) is 6. The molecule has 2 aliphatic rings. The molecule has 0 aliphatic heterocycles.